The topological polar surface area (TPSA) is 37.3 Å². The molecule has 0 saturated carbocycles. The third-order valence-electron chi connectivity index (χ3n) is 0.365. The number of aliphatic carboxylic acids is 1. The zero-order valence-electron chi connectivity index (χ0n) is 3.86. The summed E-state index contributed by atoms with van der Waals surface area (Å²) in [4.78, 5) is 9.60. The smallest absolute Gasteiger partial charge is 0.330 e. The molecular formula is C4H6AgO2. The van der Waals surface area contributed by atoms with Gasteiger partial charge in [-0.1, -0.05) is 6.58 Å². The van der Waals surface area contributed by atoms with E-state index in [1.807, 2.05) is 0 Å². The van der Waals surface area contributed by atoms with Crippen molar-refractivity contribution in [1.29, 1.82) is 0 Å². The van der Waals surface area contributed by atoms with Crippen LogP contribution in [0.4, 0.5) is 0 Å². The Kier molecular flexibility index (Phi) is 5.91. The minimum absolute atomic E-state index is 0. The Morgan fingerprint density at radius 1 is 1.71 bits per heavy atom. The molecule has 0 aliphatic carbocycles. The van der Waals surface area contributed by atoms with Crippen molar-refractivity contribution in [2.75, 3.05) is 0 Å². The van der Waals surface area contributed by atoms with E-state index in [1.54, 1.807) is 0 Å². The molecule has 0 aromatic heterocycles. The summed E-state index contributed by atoms with van der Waals surface area (Å²) >= 11 is 0. The third-order valence-corrected chi connectivity index (χ3v) is 0.365. The molecule has 2 nitrogen and oxygen atoms in total. The van der Waals surface area contributed by atoms with Crippen molar-refractivity contribution in [2.45, 2.75) is 6.92 Å². The van der Waals surface area contributed by atoms with Gasteiger partial charge in [0, 0.05) is 28.0 Å². The van der Waals surface area contributed by atoms with Gasteiger partial charge in [-0.15, -0.1) is 0 Å². The molecule has 0 saturated heterocycles. The summed E-state index contributed by atoms with van der Waals surface area (Å²) in [6.45, 7) is 4.60. The van der Waals surface area contributed by atoms with E-state index in [2.05, 4.69) is 6.58 Å². The van der Waals surface area contributed by atoms with Crippen LogP contribution in [0, 0.1) is 0 Å². The van der Waals surface area contributed by atoms with Gasteiger partial charge in [0.25, 0.3) is 0 Å². The second-order valence-corrected chi connectivity index (χ2v) is 1.09. The fourth-order valence-electron chi connectivity index (χ4n) is 0. The van der Waals surface area contributed by atoms with Crippen LogP contribution < -0.4 is 0 Å². The Labute approximate surface area is 57.7 Å². The summed E-state index contributed by atoms with van der Waals surface area (Å²) in [5.41, 5.74) is 0.176. The summed E-state index contributed by atoms with van der Waals surface area (Å²) in [5, 5.41) is 7.89. The summed E-state index contributed by atoms with van der Waals surface area (Å²) in [7, 11) is 0. The van der Waals surface area contributed by atoms with Gasteiger partial charge < -0.3 is 5.11 Å². The van der Waals surface area contributed by atoms with Crippen LogP contribution >= 0.6 is 0 Å². The summed E-state index contributed by atoms with van der Waals surface area (Å²) in [6.07, 6.45) is 0. The van der Waals surface area contributed by atoms with Gasteiger partial charge in [0.15, 0.2) is 0 Å². The van der Waals surface area contributed by atoms with Crippen LogP contribution in [-0.4, -0.2) is 11.1 Å². The van der Waals surface area contributed by atoms with E-state index < -0.39 is 5.97 Å². The first-order chi connectivity index (χ1) is 2.64. The number of hydrogen-bond donors (Lipinski definition) is 1. The molecule has 0 amide bonds. The van der Waals surface area contributed by atoms with Crippen LogP contribution in [-0.2, 0) is 27.2 Å². The van der Waals surface area contributed by atoms with E-state index in [0.717, 1.165) is 0 Å². The molecule has 45 valence electrons. The van der Waals surface area contributed by atoms with Crippen molar-refractivity contribution in [2.24, 2.45) is 0 Å². The quantitative estimate of drug-likeness (QED) is 0.491. The molecule has 0 spiro atoms. The molecule has 0 unspecified atom stereocenters. The fraction of sp³-hybridized carbons (Fsp3) is 0.250. The van der Waals surface area contributed by atoms with Crippen LogP contribution in [0.5, 0.6) is 0 Å². The fourth-order valence-corrected chi connectivity index (χ4v) is 0. The standard InChI is InChI=1S/C4H6O2.Ag/c1-3(2)4(5)6;/h1H2,2H3,(H,5,6);. The number of rotatable bonds is 1. The molecule has 0 aromatic carbocycles. The average Bonchev–Trinajstić information content (AvgIpc) is 1.36. The largest absolute Gasteiger partial charge is 0.478 e. The minimum atomic E-state index is -0.935. The average molecular weight is 194 g/mol. The number of hydrogen-bond acceptors (Lipinski definition) is 1. The van der Waals surface area contributed by atoms with Crippen LogP contribution in [0.25, 0.3) is 0 Å². The van der Waals surface area contributed by atoms with E-state index in [1.165, 1.54) is 6.92 Å². The summed E-state index contributed by atoms with van der Waals surface area (Å²) < 4.78 is 0. The monoisotopic (exact) mass is 193 g/mol. The second-order valence-electron chi connectivity index (χ2n) is 1.09. The Morgan fingerprint density at radius 3 is 1.86 bits per heavy atom. The molecule has 0 heterocycles. The van der Waals surface area contributed by atoms with Crippen LogP contribution in [0.1, 0.15) is 6.92 Å². The summed E-state index contributed by atoms with van der Waals surface area (Å²) in [6, 6.07) is 0. The predicted molar refractivity (Wildman–Crippen MR) is 22.4 cm³/mol. The van der Waals surface area contributed by atoms with Gasteiger partial charge in [-0.05, 0) is 6.92 Å². The molecule has 0 aliphatic heterocycles. The van der Waals surface area contributed by atoms with Gasteiger partial charge >= 0.3 is 5.97 Å². The minimum Gasteiger partial charge on any atom is -0.478 e. The summed E-state index contributed by atoms with van der Waals surface area (Å²) in [5.74, 6) is -0.935. The maximum Gasteiger partial charge on any atom is 0.330 e. The molecule has 7 heavy (non-hydrogen) atoms. The Balaban J connectivity index is 0. The second kappa shape index (κ2) is 4.12. The van der Waals surface area contributed by atoms with Crippen LogP contribution in [0.2, 0.25) is 0 Å². The number of carboxylic acids is 1. The van der Waals surface area contributed by atoms with Crippen molar-refractivity contribution in [3.8, 4) is 0 Å². The van der Waals surface area contributed by atoms with Crippen molar-refractivity contribution in [1.82, 2.24) is 0 Å². The number of carbonyl (C=O) groups is 1. The SMILES string of the molecule is C=C(C)C(=O)O.[Ag]. The first kappa shape index (κ1) is 10.0. The molecule has 0 atom stereocenters. The predicted octanol–water partition coefficient (Wildman–Crippen LogP) is 0.645. The first-order valence-corrected chi connectivity index (χ1v) is 1.53. The molecule has 0 fully saturated rings. The molecule has 3 heteroatoms. The van der Waals surface area contributed by atoms with Gasteiger partial charge in [0.1, 0.15) is 0 Å². The van der Waals surface area contributed by atoms with E-state index in [-0.39, 0.29) is 28.0 Å². The maximum atomic E-state index is 9.60. The van der Waals surface area contributed by atoms with Crippen molar-refractivity contribution in [3.05, 3.63) is 12.2 Å². The molecule has 0 rings (SSSR count). The Morgan fingerprint density at radius 2 is 1.86 bits per heavy atom. The molecule has 1 N–H and O–H groups in total. The van der Waals surface area contributed by atoms with E-state index in [0.29, 0.717) is 0 Å². The van der Waals surface area contributed by atoms with Crippen molar-refractivity contribution in [3.63, 3.8) is 0 Å². The zero-order chi connectivity index (χ0) is 5.15. The van der Waals surface area contributed by atoms with Crippen molar-refractivity contribution < 1.29 is 32.3 Å². The van der Waals surface area contributed by atoms with Crippen molar-refractivity contribution >= 4 is 5.97 Å². The third kappa shape index (κ3) is 5.95. The Bertz CT molecular complexity index is 75.7. The van der Waals surface area contributed by atoms with Gasteiger partial charge in [-0.2, -0.15) is 0 Å². The zero-order valence-corrected chi connectivity index (χ0v) is 5.35. The number of carboxylic acid groups (broad SMARTS) is 1. The van der Waals surface area contributed by atoms with Gasteiger partial charge in [0.05, 0.1) is 0 Å². The normalized spacial score (nSPS) is 6.43. The van der Waals surface area contributed by atoms with Gasteiger partial charge in [0.2, 0.25) is 0 Å². The molecule has 0 aromatic rings. The molecule has 0 aliphatic rings. The molecule has 1 radical (unpaired) electrons. The molecular weight excluding hydrogens is 188 g/mol. The van der Waals surface area contributed by atoms with Crippen LogP contribution in [0.15, 0.2) is 12.2 Å². The first-order valence-electron chi connectivity index (χ1n) is 1.53. The van der Waals surface area contributed by atoms with E-state index >= 15 is 0 Å². The Hall–Kier alpha value is -0.0497. The van der Waals surface area contributed by atoms with Crippen LogP contribution in [0.3, 0.4) is 0 Å². The maximum absolute atomic E-state index is 9.60. The molecule has 0 bridgehead atoms. The van der Waals surface area contributed by atoms with E-state index in [9.17, 15) is 4.79 Å². The van der Waals surface area contributed by atoms with Gasteiger partial charge in [-0.25, -0.2) is 4.79 Å². The van der Waals surface area contributed by atoms with Gasteiger partial charge in [-0.3, -0.25) is 0 Å². The van der Waals surface area contributed by atoms with E-state index in [4.69, 9.17) is 5.11 Å².